The maximum Gasteiger partial charge on any atom is 0.314 e. The zero-order valence-electron chi connectivity index (χ0n) is 24.8. The molecular weight excluding hydrogens is 480 g/mol. The zero-order chi connectivity index (χ0) is 27.5. The number of carbonyl (C=O) groups excluding carboxylic acids is 1. The van der Waals surface area contributed by atoms with Crippen LogP contribution in [0.15, 0.2) is 48.3 Å². The van der Waals surface area contributed by atoms with Gasteiger partial charge in [0.05, 0.1) is 5.92 Å². The van der Waals surface area contributed by atoms with Crippen LogP contribution >= 0.6 is 0 Å². The van der Waals surface area contributed by atoms with Crippen molar-refractivity contribution in [1.82, 2.24) is 9.97 Å². The topological polar surface area (TPSA) is 52.1 Å². The van der Waals surface area contributed by atoms with Crippen molar-refractivity contribution in [3.63, 3.8) is 0 Å². The average molecular weight is 533 g/mol. The van der Waals surface area contributed by atoms with E-state index in [9.17, 15) is 4.79 Å². The van der Waals surface area contributed by atoms with Crippen molar-refractivity contribution >= 4 is 5.97 Å². The lowest BCUT2D eigenvalue weighted by molar-refractivity contribution is -0.139. The number of benzene rings is 1. The van der Waals surface area contributed by atoms with Gasteiger partial charge in [0, 0.05) is 18.0 Å². The van der Waals surface area contributed by atoms with Gasteiger partial charge in [-0.15, -0.1) is 0 Å². The minimum Gasteiger partial charge on any atom is -0.426 e. The lowest BCUT2D eigenvalue weighted by atomic mass is 9.87. The molecule has 0 N–H and O–H groups in total. The molecule has 0 spiro atoms. The van der Waals surface area contributed by atoms with Crippen molar-refractivity contribution in [3.05, 3.63) is 53.9 Å². The Hall–Kier alpha value is -2.49. The summed E-state index contributed by atoms with van der Waals surface area (Å²) in [5.74, 6) is 1.16. The van der Waals surface area contributed by atoms with Gasteiger partial charge in [0.1, 0.15) is 5.75 Å². The van der Waals surface area contributed by atoms with Crippen molar-refractivity contribution in [2.45, 2.75) is 136 Å². The molecule has 39 heavy (non-hydrogen) atoms. The van der Waals surface area contributed by atoms with E-state index < -0.39 is 0 Å². The van der Waals surface area contributed by atoms with Crippen molar-refractivity contribution in [2.75, 3.05) is 0 Å². The summed E-state index contributed by atoms with van der Waals surface area (Å²) in [6, 6.07) is 7.59. The number of carbonyl (C=O) groups is 1. The van der Waals surface area contributed by atoms with E-state index in [2.05, 4.69) is 29.9 Å². The van der Waals surface area contributed by atoms with Crippen LogP contribution in [0.4, 0.5) is 0 Å². The van der Waals surface area contributed by atoms with Crippen LogP contribution in [-0.4, -0.2) is 15.9 Å². The van der Waals surface area contributed by atoms with Gasteiger partial charge in [0.15, 0.2) is 5.82 Å². The standard InChI is InChI=1S/C35H52N2O2/c1-3-5-7-9-11-12-14-16-18-30-27-36-34(37-28-30)31-23-25-33(26-24-31)39-35(38)32-21-19-29(20-22-32)17-15-13-10-8-6-4-2/h19,23-28,32H,3-18,20-22H2,1-2H3. The molecule has 1 heterocycles. The van der Waals surface area contributed by atoms with E-state index in [0.717, 1.165) is 31.2 Å². The van der Waals surface area contributed by atoms with Gasteiger partial charge in [-0.2, -0.15) is 0 Å². The third-order valence-corrected chi connectivity index (χ3v) is 8.05. The van der Waals surface area contributed by atoms with Gasteiger partial charge in [-0.05, 0) is 74.8 Å². The smallest absolute Gasteiger partial charge is 0.314 e. The molecule has 0 aliphatic heterocycles. The molecule has 1 unspecified atom stereocenters. The summed E-state index contributed by atoms with van der Waals surface area (Å²) in [6.45, 7) is 4.52. The number of ether oxygens (including phenoxy) is 1. The Kier molecular flexibility index (Phi) is 14.9. The molecule has 4 heteroatoms. The summed E-state index contributed by atoms with van der Waals surface area (Å²) in [6.07, 6.45) is 29.8. The van der Waals surface area contributed by atoms with Crippen LogP contribution in [0.3, 0.4) is 0 Å². The molecule has 1 aliphatic carbocycles. The summed E-state index contributed by atoms with van der Waals surface area (Å²) in [7, 11) is 0. The molecule has 1 aromatic heterocycles. The molecule has 0 amide bonds. The SMILES string of the molecule is CCCCCCCCCCc1cnc(-c2ccc(OC(=O)C3CC=C(CCCCCCCC)CC3)cc2)nc1. The maximum absolute atomic E-state index is 12.7. The second-order valence-corrected chi connectivity index (χ2v) is 11.4. The number of aryl methyl sites for hydroxylation is 1. The van der Waals surface area contributed by atoms with Crippen LogP contribution in [0.2, 0.25) is 0 Å². The molecular formula is C35H52N2O2. The molecule has 2 aromatic rings. The number of esters is 1. The first kappa shape index (κ1) is 31.0. The van der Waals surface area contributed by atoms with E-state index in [0.29, 0.717) is 11.6 Å². The van der Waals surface area contributed by atoms with Crippen LogP contribution in [0.5, 0.6) is 5.75 Å². The lowest BCUT2D eigenvalue weighted by Gasteiger charge is -2.20. The summed E-state index contributed by atoms with van der Waals surface area (Å²) in [4.78, 5) is 21.9. The Morgan fingerprint density at radius 2 is 1.33 bits per heavy atom. The Labute approximate surface area is 238 Å². The summed E-state index contributed by atoms with van der Waals surface area (Å²) in [5, 5.41) is 0. The normalized spacial score (nSPS) is 15.2. The Morgan fingerprint density at radius 1 is 0.769 bits per heavy atom. The molecule has 0 bridgehead atoms. The number of rotatable bonds is 19. The molecule has 1 atom stereocenters. The molecule has 0 fully saturated rings. The minimum atomic E-state index is -0.112. The second kappa shape index (κ2) is 18.7. The summed E-state index contributed by atoms with van der Waals surface area (Å²) in [5.41, 5.74) is 3.67. The van der Waals surface area contributed by atoms with E-state index >= 15 is 0 Å². The lowest BCUT2D eigenvalue weighted by Crippen LogP contribution is -2.22. The highest BCUT2D eigenvalue weighted by Crippen LogP contribution is 2.29. The fourth-order valence-corrected chi connectivity index (χ4v) is 5.43. The predicted molar refractivity (Wildman–Crippen MR) is 163 cm³/mol. The van der Waals surface area contributed by atoms with Gasteiger partial charge in [-0.1, -0.05) is 103 Å². The highest BCUT2D eigenvalue weighted by atomic mass is 16.5. The number of unbranched alkanes of at least 4 members (excludes halogenated alkanes) is 12. The van der Waals surface area contributed by atoms with Crippen molar-refractivity contribution < 1.29 is 9.53 Å². The second-order valence-electron chi connectivity index (χ2n) is 11.4. The van der Waals surface area contributed by atoms with Crippen LogP contribution in [-0.2, 0) is 11.2 Å². The van der Waals surface area contributed by atoms with Gasteiger partial charge in [0.25, 0.3) is 0 Å². The van der Waals surface area contributed by atoms with Gasteiger partial charge >= 0.3 is 5.97 Å². The molecule has 3 rings (SSSR count). The van der Waals surface area contributed by atoms with Crippen molar-refractivity contribution in [3.8, 4) is 17.1 Å². The molecule has 0 saturated heterocycles. The van der Waals surface area contributed by atoms with E-state index in [4.69, 9.17) is 4.74 Å². The number of allylic oxidation sites excluding steroid dienone is 2. The molecule has 1 aromatic carbocycles. The maximum atomic E-state index is 12.7. The predicted octanol–water partition coefficient (Wildman–Crippen LogP) is 10.2. The highest BCUT2D eigenvalue weighted by molar-refractivity contribution is 5.75. The third-order valence-electron chi connectivity index (χ3n) is 8.05. The van der Waals surface area contributed by atoms with Crippen LogP contribution in [0, 0.1) is 5.92 Å². The number of hydrogen-bond acceptors (Lipinski definition) is 4. The van der Waals surface area contributed by atoms with Crippen molar-refractivity contribution in [1.29, 1.82) is 0 Å². The van der Waals surface area contributed by atoms with E-state index in [1.165, 1.54) is 107 Å². The highest BCUT2D eigenvalue weighted by Gasteiger charge is 2.23. The molecule has 0 radical (unpaired) electrons. The Morgan fingerprint density at radius 3 is 1.90 bits per heavy atom. The van der Waals surface area contributed by atoms with Crippen LogP contribution in [0.25, 0.3) is 11.4 Å². The number of aromatic nitrogens is 2. The van der Waals surface area contributed by atoms with Gasteiger partial charge in [0.2, 0.25) is 0 Å². The minimum absolute atomic E-state index is 0.0325. The number of nitrogens with zero attached hydrogens (tertiary/aromatic N) is 2. The van der Waals surface area contributed by atoms with E-state index in [1.807, 2.05) is 36.7 Å². The molecule has 0 saturated carbocycles. The molecule has 1 aliphatic rings. The Balaban J connectivity index is 1.35. The first-order valence-corrected chi connectivity index (χ1v) is 16.0. The number of hydrogen-bond donors (Lipinski definition) is 0. The van der Waals surface area contributed by atoms with Gasteiger partial charge < -0.3 is 4.74 Å². The first-order valence-electron chi connectivity index (χ1n) is 16.0. The van der Waals surface area contributed by atoms with E-state index in [1.54, 1.807) is 0 Å². The summed E-state index contributed by atoms with van der Waals surface area (Å²) >= 11 is 0. The fourth-order valence-electron chi connectivity index (χ4n) is 5.43. The third kappa shape index (κ3) is 12.1. The van der Waals surface area contributed by atoms with E-state index in [-0.39, 0.29) is 11.9 Å². The quantitative estimate of drug-likeness (QED) is 0.0781. The molecule has 4 nitrogen and oxygen atoms in total. The van der Waals surface area contributed by atoms with Gasteiger partial charge in [-0.3, -0.25) is 4.79 Å². The molecule has 214 valence electrons. The summed E-state index contributed by atoms with van der Waals surface area (Å²) < 4.78 is 5.72. The fraction of sp³-hybridized carbons (Fsp3) is 0.629. The average Bonchev–Trinajstić information content (AvgIpc) is 2.97. The first-order chi connectivity index (χ1) is 19.2. The Bertz CT molecular complexity index is 965. The zero-order valence-corrected chi connectivity index (χ0v) is 24.8. The van der Waals surface area contributed by atoms with Crippen molar-refractivity contribution in [2.24, 2.45) is 5.92 Å². The largest absolute Gasteiger partial charge is 0.426 e. The van der Waals surface area contributed by atoms with Gasteiger partial charge in [-0.25, -0.2) is 9.97 Å². The van der Waals surface area contributed by atoms with Crippen LogP contribution in [0.1, 0.15) is 135 Å². The monoisotopic (exact) mass is 532 g/mol. The van der Waals surface area contributed by atoms with Crippen LogP contribution < -0.4 is 4.74 Å².